The van der Waals surface area contributed by atoms with Gasteiger partial charge in [-0.1, -0.05) is 17.3 Å². The van der Waals surface area contributed by atoms with Crippen LogP contribution in [0.4, 0.5) is 0 Å². The quantitative estimate of drug-likeness (QED) is 0.669. The molecule has 140 valence electrons. The molecule has 0 bridgehead atoms. The Bertz CT molecular complexity index is 977. The van der Waals surface area contributed by atoms with Crippen LogP contribution in [0.5, 0.6) is 0 Å². The number of benzene rings is 1. The van der Waals surface area contributed by atoms with Gasteiger partial charge >= 0.3 is 0 Å². The van der Waals surface area contributed by atoms with Gasteiger partial charge in [0, 0.05) is 39.1 Å². The van der Waals surface area contributed by atoms with Crippen LogP contribution < -0.4 is 5.56 Å². The van der Waals surface area contributed by atoms with E-state index in [0.29, 0.717) is 10.9 Å². The zero-order valence-corrected chi connectivity index (χ0v) is 15.8. The molecule has 1 aliphatic heterocycles. The summed E-state index contributed by atoms with van der Waals surface area (Å²) in [4.78, 5) is 29.2. The van der Waals surface area contributed by atoms with E-state index >= 15 is 0 Å². The van der Waals surface area contributed by atoms with E-state index in [1.807, 2.05) is 11.0 Å². The van der Waals surface area contributed by atoms with E-state index in [4.69, 9.17) is 0 Å². The fraction of sp³-hybridized carbons (Fsp3) is 0.368. The first-order chi connectivity index (χ1) is 13.2. The summed E-state index contributed by atoms with van der Waals surface area (Å²) in [7, 11) is 0. The normalized spacial score (nSPS) is 15.3. The molecule has 0 N–H and O–H groups in total. The van der Waals surface area contributed by atoms with Crippen molar-refractivity contribution >= 4 is 28.1 Å². The predicted molar refractivity (Wildman–Crippen MR) is 105 cm³/mol. The molecule has 0 atom stereocenters. The molecule has 7 nitrogen and oxygen atoms in total. The Morgan fingerprint density at radius 2 is 1.93 bits per heavy atom. The van der Waals surface area contributed by atoms with Crippen molar-refractivity contribution in [3.05, 3.63) is 57.0 Å². The van der Waals surface area contributed by atoms with Gasteiger partial charge in [-0.25, -0.2) is 4.68 Å². The molecule has 3 heterocycles. The Morgan fingerprint density at radius 3 is 2.70 bits per heavy atom. The third-order valence-corrected chi connectivity index (χ3v) is 5.61. The predicted octanol–water partition coefficient (Wildman–Crippen LogP) is 1.59. The minimum Gasteiger partial charge on any atom is -0.340 e. The van der Waals surface area contributed by atoms with Crippen molar-refractivity contribution in [1.29, 1.82) is 0 Å². The van der Waals surface area contributed by atoms with Crippen LogP contribution in [0.15, 0.2) is 45.9 Å². The Morgan fingerprint density at radius 1 is 1.11 bits per heavy atom. The smallest absolute Gasteiger partial charge is 0.277 e. The van der Waals surface area contributed by atoms with Crippen LogP contribution >= 0.6 is 11.3 Å². The number of aromatic nitrogens is 3. The average molecular weight is 383 g/mol. The minimum absolute atomic E-state index is 0.0621. The lowest BCUT2D eigenvalue weighted by Gasteiger charge is -2.34. The summed E-state index contributed by atoms with van der Waals surface area (Å²) in [6.45, 7) is 4.38. The van der Waals surface area contributed by atoms with Gasteiger partial charge in [-0.3, -0.25) is 14.5 Å². The van der Waals surface area contributed by atoms with E-state index in [0.717, 1.165) is 32.7 Å². The zero-order chi connectivity index (χ0) is 18.6. The van der Waals surface area contributed by atoms with E-state index in [1.165, 1.54) is 10.2 Å². The van der Waals surface area contributed by atoms with E-state index in [1.54, 1.807) is 29.5 Å². The van der Waals surface area contributed by atoms with Gasteiger partial charge in [0.15, 0.2) is 0 Å². The number of carbonyl (C=O) groups is 1. The Labute approximate surface area is 160 Å². The second-order valence-electron chi connectivity index (χ2n) is 6.67. The van der Waals surface area contributed by atoms with Crippen molar-refractivity contribution in [2.75, 3.05) is 26.2 Å². The van der Waals surface area contributed by atoms with E-state index in [2.05, 4.69) is 32.0 Å². The average Bonchev–Trinajstić information content (AvgIpc) is 3.21. The summed E-state index contributed by atoms with van der Waals surface area (Å²) in [5.41, 5.74) is 1.70. The highest BCUT2D eigenvalue weighted by atomic mass is 32.1. The largest absolute Gasteiger partial charge is 0.340 e. The van der Waals surface area contributed by atoms with Crippen LogP contribution in [-0.4, -0.2) is 56.9 Å². The summed E-state index contributed by atoms with van der Waals surface area (Å²) in [5, 5.41) is 12.8. The van der Waals surface area contributed by atoms with Gasteiger partial charge in [0.05, 0.1) is 11.9 Å². The number of thiophene rings is 1. The first-order valence-electron chi connectivity index (χ1n) is 9.04. The van der Waals surface area contributed by atoms with Crippen LogP contribution in [0.25, 0.3) is 10.9 Å². The fourth-order valence-electron chi connectivity index (χ4n) is 3.33. The molecule has 1 aliphatic rings. The lowest BCUT2D eigenvalue weighted by Crippen LogP contribution is -2.48. The first-order valence-corrected chi connectivity index (χ1v) is 9.99. The van der Waals surface area contributed by atoms with Crippen LogP contribution in [0.1, 0.15) is 12.0 Å². The summed E-state index contributed by atoms with van der Waals surface area (Å²) >= 11 is 1.71. The SMILES string of the molecule is O=C(CCn1nnc2ccccc2c1=O)N1CCN(Cc2ccsc2)CC1. The summed E-state index contributed by atoms with van der Waals surface area (Å²) in [6.07, 6.45) is 0.261. The molecule has 0 unspecified atom stereocenters. The number of hydrogen-bond acceptors (Lipinski definition) is 6. The van der Waals surface area contributed by atoms with Crippen LogP contribution in [0, 0.1) is 0 Å². The van der Waals surface area contributed by atoms with Gasteiger partial charge in [-0.05, 0) is 34.5 Å². The molecule has 0 saturated carbocycles. The maximum atomic E-state index is 12.5. The first kappa shape index (κ1) is 17.8. The van der Waals surface area contributed by atoms with Crippen molar-refractivity contribution in [3.8, 4) is 0 Å². The number of amides is 1. The van der Waals surface area contributed by atoms with E-state index < -0.39 is 0 Å². The second-order valence-corrected chi connectivity index (χ2v) is 7.45. The van der Waals surface area contributed by atoms with Gasteiger partial charge in [0.1, 0.15) is 5.52 Å². The number of fused-ring (bicyclic) bond motifs is 1. The monoisotopic (exact) mass is 383 g/mol. The van der Waals surface area contributed by atoms with Crippen molar-refractivity contribution in [2.24, 2.45) is 0 Å². The van der Waals surface area contributed by atoms with E-state index in [-0.39, 0.29) is 24.4 Å². The van der Waals surface area contributed by atoms with Crippen molar-refractivity contribution in [1.82, 2.24) is 24.8 Å². The maximum absolute atomic E-state index is 12.5. The van der Waals surface area contributed by atoms with Gasteiger partial charge in [0.25, 0.3) is 5.56 Å². The van der Waals surface area contributed by atoms with Gasteiger partial charge in [-0.15, -0.1) is 5.10 Å². The van der Waals surface area contributed by atoms with Crippen molar-refractivity contribution in [3.63, 3.8) is 0 Å². The highest BCUT2D eigenvalue weighted by molar-refractivity contribution is 7.07. The van der Waals surface area contributed by atoms with Gasteiger partial charge in [-0.2, -0.15) is 11.3 Å². The maximum Gasteiger partial charge on any atom is 0.277 e. The highest BCUT2D eigenvalue weighted by Gasteiger charge is 2.21. The van der Waals surface area contributed by atoms with Crippen molar-refractivity contribution in [2.45, 2.75) is 19.5 Å². The number of rotatable bonds is 5. The summed E-state index contributed by atoms with van der Waals surface area (Å²) in [6, 6.07) is 9.26. The Balaban J connectivity index is 1.31. The molecule has 1 amide bonds. The van der Waals surface area contributed by atoms with Crippen LogP contribution in [-0.2, 0) is 17.9 Å². The second kappa shape index (κ2) is 7.98. The van der Waals surface area contributed by atoms with Crippen LogP contribution in [0.2, 0.25) is 0 Å². The molecule has 0 spiro atoms. The number of piperazine rings is 1. The standard InChI is InChI=1S/C19H21N5O2S/c25-18(23-10-8-22(9-11-23)13-15-6-12-27-14-15)5-7-24-19(26)16-3-1-2-4-17(16)20-21-24/h1-4,6,12,14H,5,7-11,13H2. The van der Waals surface area contributed by atoms with Crippen LogP contribution in [0.3, 0.4) is 0 Å². The Hall–Kier alpha value is -2.58. The highest BCUT2D eigenvalue weighted by Crippen LogP contribution is 2.12. The molecule has 0 radical (unpaired) electrons. The molecule has 0 aliphatic carbocycles. The number of carbonyl (C=O) groups excluding carboxylic acids is 1. The molecule has 3 aromatic rings. The Kier molecular flexibility index (Phi) is 5.26. The molecule has 2 aromatic heterocycles. The van der Waals surface area contributed by atoms with E-state index in [9.17, 15) is 9.59 Å². The topological polar surface area (TPSA) is 71.3 Å². The number of aryl methyl sites for hydroxylation is 1. The summed E-state index contributed by atoms with van der Waals surface area (Å²) in [5.74, 6) is 0.0621. The molecule has 1 fully saturated rings. The molecule has 27 heavy (non-hydrogen) atoms. The lowest BCUT2D eigenvalue weighted by atomic mass is 10.2. The molecule has 4 rings (SSSR count). The molecular formula is C19H21N5O2S. The van der Waals surface area contributed by atoms with Gasteiger partial charge < -0.3 is 4.90 Å². The third-order valence-electron chi connectivity index (χ3n) is 4.88. The number of hydrogen-bond donors (Lipinski definition) is 0. The van der Waals surface area contributed by atoms with Gasteiger partial charge in [0.2, 0.25) is 5.91 Å². The third kappa shape index (κ3) is 4.06. The molecule has 1 saturated heterocycles. The minimum atomic E-state index is -0.200. The zero-order valence-electron chi connectivity index (χ0n) is 15.0. The molecular weight excluding hydrogens is 362 g/mol. The summed E-state index contributed by atoms with van der Waals surface area (Å²) < 4.78 is 1.28. The molecule has 8 heteroatoms. The fourth-order valence-corrected chi connectivity index (χ4v) is 3.99. The number of nitrogens with zero attached hydrogens (tertiary/aromatic N) is 5. The lowest BCUT2D eigenvalue weighted by molar-refractivity contribution is -0.133. The molecule has 1 aromatic carbocycles. The van der Waals surface area contributed by atoms with Crippen molar-refractivity contribution < 1.29 is 4.79 Å².